The zero-order chi connectivity index (χ0) is 13.4. The Morgan fingerprint density at radius 2 is 1.95 bits per heavy atom. The topological polar surface area (TPSA) is 40.5 Å². The summed E-state index contributed by atoms with van der Waals surface area (Å²) in [7, 11) is 1.90. The third kappa shape index (κ3) is 2.67. The number of carbonyl (C=O) groups is 1. The number of nitrogens with zero attached hydrogens (tertiary/aromatic N) is 1. The van der Waals surface area contributed by atoms with E-state index in [9.17, 15) is 9.90 Å². The minimum absolute atomic E-state index is 0.0693. The average molecular weight is 265 g/mol. The lowest BCUT2D eigenvalue weighted by Gasteiger charge is -2.36. The maximum atomic E-state index is 12.4. The highest BCUT2D eigenvalue weighted by Gasteiger charge is 2.41. The quantitative estimate of drug-likeness (QED) is 0.852. The molecule has 3 aliphatic rings. The Bertz CT molecular complexity index is 344. The van der Waals surface area contributed by atoms with Gasteiger partial charge in [-0.05, 0) is 49.9 Å². The molecule has 0 spiro atoms. The monoisotopic (exact) mass is 265 g/mol. The van der Waals surface area contributed by atoms with E-state index < -0.39 is 0 Å². The molecular formula is C16H27NO2. The molecule has 0 heterocycles. The first kappa shape index (κ1) is 13.4. The van der Waals surface area contributed by atoms with Crippen molar-refractivity contribution >= 4 is 5.91 Å². The van der Waals surface area contributed by atoms with Crippen molar-refractivity contribution in [3.05, 3.63) is 0 Å². The molecule has 5 unspecified atom stereocenters. The normalized spacial score (nSPS) is 41.5. The molecule has 3 aliphatic carbocycles. The highest BCUT2D eigenvalue weighted by atomic mass is 16.3. The van der Waals surface area contributed by atoms with E-state index in [1.165, 1.54) is 25.7 Å². The Morgan fingerprint density at radius 3 is 2.58 bits per heavy atom. The minimum atomic E-state index is -0.303. The minimum Gasteiger partial charge on any atom is -0.391 e. The summed E-state index contributed by atoms with van der Waals surface area (Å²) < 4.78 is 0. The van der Waals surface area contributed by atoms with Crippen molar-refractivity contribution in [3.8, 4) is 0 Å². The molecule has 0 aromatic heterocycles. The molecule has 0 aliphatic heterocycles. The van der Waals surface area contributed by atoms with Crippen molar-refractivity contribution in [1.82, 2.24) is 4.90 Å². The molecule has 0 aromatic rings. The van der Waals surface area contributed by atoms with Crippen LogP contribution in [0.1, 0.15) is 57.8 Å². The fourth-order valence-corrected chi connectivity index (χ4v) is 4.72. The predicted molar refractivity (Wildman–Crippen MR) is 74.6 cm³/mol. The van der Waals surface area contributed by atoms with E-state index in [-0.39, 0.29) is 18.1 Å². The van der Waals surface area contributed by atoms with Crippen molar-refractivity contribution in [2.24, 2.45) is 17.8 Å². The summed E-state index contributed by atoms with van der Waals surface area (Å²) in [6.07, 6.45) is 9.88. The molecule has 3 heteroatoms. The van der Waals surface area contributed by atoms with Gasteiger partial charge in [0.2, 0.25) is 5.91 Å². The standard InChI is InChI=1S/C16H27NO2/c1-17(14-4-2-3-5-15(14)18)16(19)10-13-9-11-6-7-12(13)8-11/h11-15,18H,2-10H2,1H3. The number of fused-ring (bicyclic) bond motifs is 2. The van der Waals surface area contributed by atoms with Gasteiger partial charge in [-0.2, -0.15) is 0 Å². The van der Waals surface area contributed by atoms with Gasteiger partial charge in [-0.3, -0.25) is 4.79 Å². The number of aliphatic hydroxyl groups is 1. The largest absolute Gasteiger partial charge is 0.391 e. The van der Waals surface area contributed by atoms with Gasteiger partial charge in [0.15, 0.2) is 0 Å². The molecule has 0 saturated heterocycles. The van der Waals surface area contributed by atoms with Gasteiger partial charge < -0.3 is 10.0 Å². The van der Waals surface area contributed by atoms with E-state index in [1.54, 1.807) is 0 Å². The second-order valence-corrected chi connectivity index (χ2v) is 7.06. The fourth-order valence-electron chi connectivity index (χ4n) is 4.72. The first-order chi connectivity index (χ1) is 9.15. The van der Waals surface area contributed by atoms with E-state index in [4.69, 9.17) is 0 Å². The van der Waals surface area contributed by atoms with Gasteiger partial charge in [0.25, 0.3) is 0 Å². The molecular weight excluding hydrogens is 238 g/mol. The summed E-state index contributed by atoms with van der Waals surface area (Å²) in [4.78, 5) is 14.3. The Balaban J connectivity index is 1.54. The molecule has 3 rings (SSSR count). The van der Waals surface area contributed by atoms with Crippen LogP contribution in [0.25, 0.3) is 0 Å². The number of amides is 1. The van der Waals surface area contributed by atoms with Gasteiger partial charge in [-0.25, -0.2) is 0 Å². The van der Waals surface area contributed by atoms with Crippen molar-refractivity contribution in [3.63, 3.8) is 0 Å². The van der Waals surface area contributed by atoms with Crippen LogP contribution in [0.2, 0.25) is 0 Å². The van der Waals surface area contributed by atoms with Crippen LogP contribution >= 0.6 is 0 Å². The number of hydrogen-bond acceptors (Lipinski definition) is 2. The summed E-state index contributed by atoms with van der Waals surface area (Å²) in [5.41, 5.74) is 0. The van der Waals surface area contributed by atoms with E-state index in [1.807, 2.05) is 11.9 Å². The van der Waals surface area contributed by atoms with Crippen LogP contribution in [0.3, 0.4) is 0 Å². The zero-order valence-corrected chi connectivity index (χ0v) is 12.1. The molecule has 5 atom stereocenters. The number of aliphatic hydroxyl groups excluding tert-OH is 1. The zero-order valence-electron chi connectivity index (χ0n) is 12.1. The maximum Gasteiger partial charge on any atom is 0.222 e. The molecule has 3 nitrogen and oxygen atoms in total. The third-order valence-electron chi connectivity index (χ3n) is 5.91. The predicted octanol–water partition coefficient (Wildman–Crippen LogP) is 2.57. The molecule has 3 fully saturated rings. The first-order valence-electron chi connectivity index (χ1n) is 8.09. The smallest absolute Gasteiger partial charge is 0.222 e. The lowest BCUT2D eigenvalue weighted by molar-refractivity contribution is -0.136. The summed E-state index contributed by atoms with van der Waals surface area (Å²) in [6.45, 7) is 0. The summed E-state index contributed by atoms with van der Waals surface area (Å²) >= 11 is 0. The lowest BCUT2D eigenvalue weighted by atomic mass is 9.85. The second kappa shape index (κ2) is 5.43. The second-order valence-electron chi connectivity index (χ2n) is 7.06. The third-order valence-corrected chi connectivity index (χ3v) is 5.91. The molecule has 1 N–H and O–H groups in total. The van der Waals surface area contributed by atoms with Gasteiger partial charge in [0.1, 0.15) is 0 Å². The number of carbonyl (C=O) groups excluding carboxylic acids is 1. The molecule has 3 saturated carbocycles. The van der Waals surface area contributed by atoms with Crippen molar-refractivity contribution < 1.29 is 9.90 Å². The first-order valence-corrected chi connectivity index (χ1v) is 8.09. The fraction of sp³-hybridized carbons (Fsp3) is 0.938. The maximum absolute atomic E-state index is 12.4. The molecule has 108 valence electrons. The van der Waals surface area contributed by atoms with Gasteiger partial charge in [-0.15, -0.1) is 0 Å². The molecule has 19 heavy (non-hydrogen) atoms. The SMILES string of the molecule is CN(C(=O)CC1CC2CCC1C2)C1CCCCC1O. The lowest BCUT2D eigenvalue weighted by Crippen LogP contribution is -2.46. The van der Waals surface area contributed by atoms with Crippen LogP contribution in [-0.2, 0) is 4.79 Å². The van der Waals surface area contributed by atoms with E-state index >= 15 is 0 Å². The molecule has 0 aromatic carbocycles. The van der Waals surface area contributed by atoms with Crippen LogP contribution in [0, 0.1) is 17.8 Å². The van der Waals surface area contributed by atoms with Crippen LogP contribution in [0.4, 0.5) is 0 Å². The van der Waals surface area contributed by atoms with Gasteiger partial charge in [-0.1, -0.05) is 19.3 Å². The highest BCUT2D eigenvalue weighted by Crippen LogP contribution is 2.49. The van der Waals surface area contributed by atoms with E-state index in [0.29, 0.717) is 5.92 Å². The van der Waals surface area contributed by atoms with Crippen molar-refractivity contribution in [1.29, 1.82) is 0 Å². The molecule has 1 amide bonds. The van der Waals surface area contributed by atoms with E-state index in [0.717, 1.165) is 43.9 Å². The van der Waals surface area contributed by atoms with Crippen LogP contribution in [0.5, 0.6) is 0 Å². The van der Waals surface area contributed by atoms with Crippen LogP contribution < -0.4 is 0 Å². The number of hydrogen-bond donors (Lipinski definition) is 1. The van der Waals surface area contributed by atoms with E-state index in [2.05, 4.69) is 0 Å². The Labute approximate surface area is 116 Å². The Kier molecular flexibility index (Phi) is 3.84. The summed E-state index contributed by atoms with van der Waals surface area (Å²) in [5.74, 6) is 2.63. The van der Waals surface area contributed by atoms with Gasteiger partial charge in [0, 0.05) is 13.5 Å². The Morgan fingerprint density at radius 1 is 1.16 bits per heavy atom. The van der Waals surface area contributed by atoms with Gasteiger partial charge >= 0.3 is 0 Å². The number of likely N-dealkylation sites (N-methyl/N-ethyl adjacent to an activating group) is 1. The highest BCUT2D eigenvalue weighted by molar-refractivity contribution is 5.76. The van der Waals surface area contributed by atoms with Crippen molar-refractivity contribution in [2.75, 3.05) is 7.05 Å². The molecule has 2 bridgehead atoms. The Hall–Kier alpha value is -0.570. The van der Waals surface area contributed by atoms with Gasteiger partial charge in [0.05, 0.1) is 12.1 Å². The van der Waals surface area contributed by atoms with Crippen LogP contribution in [-0.4, -0.2) is 35.1 Å². The average Bonchev–Trinajstić information content (AvgIpc) is 3.00. The number of rotatable bonds is 3. The van der Waals surface area contributed by atoms with Crippen molar-refractivity contribution in [2.45, 2.75) is 69.9 Å². The molecule has 0 radical (unpaired) electrons. The summed E-state index contributed by atoms with van der Waals surface area (Å²) in [6, 6.07) is 0.0693. The summed E-state index contributed by atoms with van der Waals surface area (Å²) in [5, 5.41) is 10.1. The van der Waals surface area contributed by atoms with Crippen LogP contribution in [0.15, 0.2) is 0 Å².